The summed E-state index contributed by atoms with van der Waals surface area (Å²) in [5, 5.41) is 0. The number of rotatable bonds is 6. The third kappa shape index (κ3) is 2.93. The van der Waals surface area contributed by atoms with Gasteiger partial charge in [0.15, 0.2) is 0 Å². The highest BCUT2D eigenvalue weighted by molar-refractivity contribution is 5.86. The van der Waals surface area contributed by atoms with Crippen LogP contribution in [0.25, 0.3) is 0 Å². The van der Waals surface area contributed by atoms with Gasteiger partial charge in [0, 0.05) is 6.54 Å². The van der Waals surface area contributed by atoms with Crippen LogP contribution in [0.5, 0.6) is 0 Å². The van der Waals surface area contributed by atoms with Gasteiger partial charge in [0.05, 0.1) is 13.2 Å². The summed E-state index contributed by atoms with van der Waals surface area (Å²) in [5.41, 5.74) is 0. The van der Waals surface area contributed by atoms with E-state index in [-0.39, 0.29) is 11.8 Å². The molecule has 0 amide bonds. The maximum absolute atomic E-state index is 11.3. The van der Waals surface area contributed by atoms with Crippen LogP contribution in [0.1, 0.15) is 49.0 Å². The first kappa shape index (κ1) is 13.1. The minimum absolute atomic E-state index is 0.203. The molecule has 1 fully saturated rings. The molecule has 100 valence electrons. The highest BCUT2D eigenvalue weighted by Gasteiger charge is 2.27. The van der Waals surface area contributed by atoms with Gasteiger partial charge in [-0.25, -0.2) is 4.79 Å². The van der Waals surface area contributed by atoms with Crippen LogP contribution < -0.4 is 0 Å². The lowest BCUT2D eigenvalue weighted by Gasteiger charge is -2.26. The van der Waals surface area contributed by atoms with E-state index in [9.17, 15) is 4.79 Å². The minimum atomic E-state index is -0.418. The molecule has 1 aliphatic rings. The standard InChI is InChI=1S/C14H21NO3/c1-4-15(9-11-5-6-11)10(2)12-7-8-13(18-12)14(16)17-3/h7-8,10-11H,4-6,9H2,1-3H3. The third-order valence-corrected chi connectivity index (χ3v) is 3.57. The Bertz CT molecular complexity index is 409. The van der Waals surface area contributed by atoms with Gasteiger partial charge in [0.25, 0.3) is 0 Å². The molecular weight excluding hydrogens is 230 g/mol. The molecule has 1 saturated carbocycles. The molecular formula is C14H21NO3. The van der Waals surface area contributed by atoms with E-state index in [4.69, 9.17) is 4.42 Å². The second-order valence-corrected chi connectivity index (χ2v) is 4.90. The average molecular weight is 251 g/mol. The Hall–Kier alpha value is -1.29. The van der Waals surface area contributed by atoms with E-state index in [2.05, 4.69) is 23.5 Å². The Morgan fingerprint density at radius 2 is 2.28 bits per heavy atom. The molecule has 4 nitrogen and oxygen atoms in total. The summed E-state index contributed by atoms with van der Waals surface area (Å²) in [6, 6.07) is 3.75. The van der Waals surface area contributed by atoms with Crippen molar-refractivity contribution >= 4 is 5.97 Å². The molecule has 0 radical (unpaired) electrons. The first-order valence-corrected chi connectivity index (χ1v) is 6.57. The SMILES string of the molecule is CCN(CC1CC1)C(C)c1ccc(C(=O)OC)o1. The summed E-state index contributed by atoms with van der Waals surface area (Å²) in [6.45, 7) is 6.38. The lowest BCUT2D eigenvalue weighted by Crippen LogP contribution is -2.28. The maximum Gasteiger partial charge on any atom is 0.373 e. The van der Waals surface area contributed by atoms with Crippen LogP contribution in [0.15, 0.2) is 16.5 Å². The Morgan fingerprint density at radius 3 is 2.83 bits per heavy atom. The van der Waals surface area contributed by atoms with Crippen molar-refractivity contribution in [2.24, 2.45) is 5.92 Å². The Balaban J connectivity index is 2.03. The van der Waals surface area contributed by atoms with Gasteiger partial charge in [-0.05, 0) is 44.4 Å². The van der Waals surface area contributed by atoms with E-state index in [1.165, 1.54) is 20.0 Å². The monoisotopic (exact) mass is 251 g/mol. The number of ether oxygens (including phenoxy) is 1. The van der Waals surface area contributed by atoms with Crippen molar-refractivity contribution < 1.29 is 13.9 Å². The van der Waals surface area contributed by atoms with E-state index in [1.807, 2.05) is 6.07 Å². The second kappa shape index (κ2) is 5.57. The van der Waals surface area contributed by atoms with Crippen LogP contribution in [-0.4, -0.2) is 31.1 Å². The predicted molar refractivity (Wildman–Crippen MR) is 68.4 cm³/mol. The summed E-state index contributed by atoms with van der Waals surface area (Å²) < 4.78 is 10.2. The molecule has 1 heterocycles. The average Bonchev–Trinajstić information content (AvgIpc) is 3.07. The molecule has 0 spiro atoms. The summed E-state index contributed by atoms with van der Waals surface area (Å²) in [6.07, 6.45) is 2.68. The summed E-state index contributed by atoms with van der Waals surface area (Å²) >= 11 is 0. The maximum atomic E-state index is 11.3. The van der Waals surface area contributed by atoms with Gasteiger partial charge in [-0.2, -0.15) is 0 Å². The fourth-order valence-electron chi connectivity index (χ4n) is 2.16. The quantitative estimate of drug-likeness (QED) is 0.729. The highest BCUT2D eigenvalue weighted by Crippen LogP contribution is 2.33. The zero-order valence-electron chi connectivity index (χ0n) is 11.3. The molecule has 1 unspecified atom stereocenters. The van der Waals surface area contributed by atoms with Crippen LogP contribution in [0.3, 0.4) is 0 Å². The first-order valence-electron chi connectivity index (χ1n) is 6.57. The van der Waals surface area contributed by atoms with E-state index >= 15 is 0 Å². The molecule has 1 atom stereocenters. The van der Waals surface area contributed by atoms with Crippen LogP contribution in [0.4, 0.5) is 0 Å². The van der Waals surface area contributed by atoms with Gasteiger partial charge < -0.3 is 9.15 Å². The normalized spacial score (nSPS) is 16.9. The van der Waals surface area contributed by atoms with Gasteiger partial charge in [0.1, 0.15) is 5.76 Å². The van der Waals surface area contributed by atoms with Gasteiger partial charge in [-0.3, -0.25) is 4.90 Å². The van der Waals surface area contributed by atoms with E-state index < -0.39 is 5.97 Å². The number of methoxy groups -OCH3 is 1. The Morgan fingerprint density at radius 1 is 1.56 bits per heavy atom. The van der Waals surface area contributed by atoms with Crippen molar-refractivity contribution in [2.45, 2.75) is 32.7 Å². The number of furan rings is 1. The molecule has 4 heteroatoms. The Kier molecular flexibility index (Phi) is 4.07. The number of hydrogen-bond acceptors (Lipinski definition) is 4. The van der Waals surface area contributed by atoms with Crippen molar-refractivity contribution in [3.05, 3.63) is 23.7 Å². The molecule has 1 aliphatic carbocycles. The molecule has 2 rings (SSSR count). The van der Waals surface area contributed by atoms with Gasteiger partial charge >= 0.3 is 5.97 Å². The number of carbonyl (C=O) groups excluding carboxylic acids is 1. The van der Waals surface area contributed by atoms with Crippen LogP contribution in [0, 0.1) is 5.92 Å². The zero-order chi connectivity index (χ0) is 13.1. The van der Waals surface area contributed by atoms with Gasteiger partial charge in [0.2, 0.25) is 5.76 Å². The highest BCUT2D eigenvalue weighted by atomic mass is 16.5. The predicted octanol–water partition coefficient (Wildman–Crippen LogP) is 2.86. The van der Waals surface area contributed by atoms with Gasteiger partial charge in [-0.15, -0.1) is 0 Å². The first-order chi connectivity index (χ1) is 8.65. The van der Waals surface area contributed by atoms with Crippen LogP contribution >= 0.6 is 0 Å². The van der Waals surface area contributed by atoms with E-state index in [0.29, 0.717) is 0 Å². The van der Waals surface area contributed by atoms with Crippen molar-refractivity contribution in [3.63, 3.8) is 0 Å². The third-order valence-electron chi connectivity index (χ3n) is 3.57. The van der Waals surface area contributed by atoms with Crippen molar-refractivity contribution in [3.8, 4) is 0 Å². The molecule has 1 aromatic rings. The lowest BCUT2D eigenvalue weighted by atomic mass is 10.2. The van der Waals surface area contributed by atoms with Crippen LogP contribution in [-0.2, 0) is 4.74 Å². The lowest BCUT2D eigenvalue weighted by molar-refractivity contribution is 0.0559. The molecule has 0 aromatic carbocycles. The molecule has 1 aromatic heterocycles. The summed E-state index contributed by atoms with van der Waals surface area (Å²) in [5.74, 6) is 1.54. The fourth-order valence-corrected chi connectivity index (χ4v) is 2.16. The van der Waals surface area contributed by atoms with Gasteiger partial charge in [-0.1, -0.05) is 6.92 Å². The van der Waals surface area contributed by atoms with Crippen molar-refractivity contribution in [1.29, 1.82) is 0 Å². The topological polar surface area (TPSA) is 42.7 Å². The molecule has 18 heavy (non-hydrogen) atoms. The smallest absolute Gasteiger partial charge is 0.373 e. The van der Waals surface area contributed by atoms with Crippen molar-refractivity contribution in [2.75, 3.05) is 20.2 Å². The largest absolute Gasteiger partial charge is 0.463 e. The second-order valence-electron chi connectivity index (χ2n) is 4.90. The molecule has 0 bridgehead atoms. The van der Waals surface area contributed by atoms with Crippen molar-refractivity contribution in [1.82, 2.24) is 4.90 Å². The molecule has 0 aliphatic heterocycles. The molecule has 0 N–H and O–H groups in total. The number of nitrogens with zero attached hydrogens (tertiary/aromatic N) is 1. The molecule has 0 saturated heterocycles. The minimum Gasteiger partial charge on any atom is -0.463 e. The van der Waals surface area contributed by atoms with Crippen LogP contribution in [0.2, 0.25) is 0 Å². The number of carbonyl (C=O) groups is 1. The van der Waals surface area contributed by atoms with E-state index in [1.54, 1.807) is 6.07 Å². The summed E-state index contributed by atoms with van der Waals surface area (Å²) in [7, 11) is 1.36. The zero-order valence-corrected chi connectivity index (χ0v) is 11.3. The Labute approximate surface area is 108 Å². The number of hydrogen-bond donors (Lipinski definition) is 0. The number of esters is 1. The van der Waals surface area contributed by atoms with E-state index in [0.717, 1.165) is 24.8 Å². The fraction of sp³-hybridized carbons (Fsp3) is 0.643. The summed E-state index contributed by atoms with van der Waals surface area (Å²) in [4.78, 5) is 13.7.